The Morgan fingerprint density at radius 2 is 1.72 bits per heavy atom. The van der Waals surface area contributed by atoms with Crippen molar-refractivity contribution in [2.24, 2.45) is 11.3 Å². The van der Waals surface area contributed by atoms with Crippen molar-refractivity contribution in [3.63, 3.8) is 0 Å². The summed E-state index contributed by atoms with van der Waals surface area (Å²) >= 11 is 0. The Labute approximate surface area is 194 Å². The molecule has 1 aromatic carbocycles. The molecule has 0 atom stereocenters. The zero-order chi connectivity index (χ0) is 23.5. The Balaban J connectivity index is 2.03. The standard InChI is InChI=1S/C26H41N5O/c1-20(2)13-14-30(25(32)26(4,5)6)19-23-21(3)27-31(22-11-9-8-10-12-22)24(23)29-17-15-28(7)16-18-29/h8-12,20H,13-19H2,1-7H3. The maximum absolute atomic E-state index is 13.4. The molecule has 6 heteroatoms. The summed E-state index contributed by atoms with van der Waals surface area (Å²) in [7, 11) is 2.17. The molecule has 0 saturated carbocycles. The number of amides is 1. The molecule has 0 aliphatic carbocycles. The zero-order valence-electron chi connectivity index (χ0n) is 21.1. The Kier molecular flexibility index (Phi) is 7.65. The number of carbonyl (C=O) groups excluding carboxylic acids is 1. The highest BCUT2D eigenvalue weighted by molar-refractivity contribution is 5.81. The van der Waals surface area contributed by atoms with E-state index >= 15 is 0 Å². The van der Waals surface area contributed by atoms with Crippen molar-refractivity contribution in [3.05, 3.63) is 41.6 Å². The lowest BCUT2D eigenvalue weighted by Crippen LogP contribution is -2.46. The van der Waals surface area contributed by atoms with E-state index in [-0.39, 0.29) is 5.91 Å². The van der Waals surface area contributed by atoms with Crippen LogP contribution in [0.1, 0.15) is 52.3 Å². The number of carbonyl (C=O) groups is 1. The van der Waals surface area contributed by atoms with E-state index in [1.807, 2.05) is 26.8 Å². The first-order valence-corrected chi connectivity index (χ1v) is 11.9. The number of nitrogens with zero attached hydrogens (tertiary/aromatic N) is 5. The maximum atomic E-state index is 13.4. The van der Waals surface area contributed by atoms with Crippen LogP contribution in [0.15, 0.2) is 30.3 Å². The molecule has 6 nitrogen and oxygen atoms in total. The molecule has 1 saturated heterocycles. The molecule has 2 aromatic rings. The molecule has 1 amide bonds. The van der Waals surface area contributed by atoms with Gasteiger partial charge in [0.25, 0.3) is 0 Å². The predicted octanol–water partition coefficient (Wildman–Crippen LogP) is 4.35. The van der Waals surface area contributed by atoms with Gasteiger partial charge < -0.3 is 14.7 Å². The van der Waals surface area contributed by atoms with Gasteiger partial charge in [-0.2, -0.15) is 5.10 Å². The smallest absolute Gasteiger partial charge is 0.228 e. The molecular weight excluding hydrogens is 398 g/mol. The first kappa shape index (κ1) is 24.3. The van der Waals surface area contributed by atoms with Crippen LogP contribution in [0.5, 0.6) is 0 Å². The Bertz CT molecular complexity index is 889. The number of hydrogen-bond acceptors (Lipinski definition) is 4. The van der Waals surface area contributed by atoms with E-state index in [4.69, 9.17) is 5.10 Å². The minimum Gasteiger partial charge on any atom is -0.354 e. The Morgan fingerprint density at radius 1 is 1.09 bits per heavy atom. The van der Waals surface area contributed by atoms with E-state index in [0.717, 1.165) is 56.3 Å². The van der Waals surface area contributed by atoms with Crippen molar-refractivity contribution in [3.8, 4) is 5.69 Å². The third-order valence-electron chi connectivity index (χ3n) is 6.22. The van der Waals surface area contributed by atoms with Crippen LogP contribution >= 0.6 is 0 Å². The van der Waals surface area contributed by atoms with Crippen LogP contribution in [0.4, 0.5) is 5.82 Å². The SMILES string of the molecule is Cc1nn(-c2ccccc2)c(N2CCN(C)CC2)c1CN(CCC(C)C)C(=O)C(C)(C)C. The van der Waals surface area contributed by atoms with Crippen LogP contribution in [-0.4, -0.2) is 65.3 Å². The summed E-state index contributed by atoms with van der Waals surface area (Å²) in [6.07, 6.45) is 0.998. The minimum atomic E-state index is -0.408. The number of likely N-dealkylation sites (N-methyl/N-ethyl adjacent to an activating group) is 1. The summed E-state index contributed by atoms with van der Waals surface area (Å²) in [6, 6.07) is 10.3. The number of piperazine rings is 1. The van der Waals surface area contributed by atoms with Gasteiger partial charge in [0.2, 0.25) is 5.91 Å². The monoisotopic (exact) mass is 439 g/mol. The zero-order valence-corrected chi connectivity index (χ0v) is 21.1. The van der Waals surface area contributed by atoms with E-state index in [9.17, 15) is 4.79 Å². The van der Waals surface area contributed by atoms with Crippen molar-refractivity contribution in [2.75, 3.05) is 44.7 Å². The van der Waals surface area contributed by atoms with Crippen LogP contribution < -0.4 is 4.90 Å². The number of rotatable bonds is 7. The van der Waals surface area contributed by atoms with E-state index in [0.29, 0.717) is 12.5 Å². The molecule has 176 valence electrons. The van der Waals surface area contributed by atoms with Crippen LogP contribution in [0, 0.1) is 18.3 Å². The summed E-state index contributed by atoms with van der Waals surface area (Å²) < 4.78 is 2.08. The summed E-state index contributed by atoms with van der Waals surface area (Å²) in [6.45, 7) is 17.9. The quantitative estimate of drug-likeness (QED) is 0.643. The highest BCUT2D eigenvalue weighted by Gasteiger charge is 2.31. The second kappa shape index (κ2) is 10.1. The summed E-state index contributed by atoms with van der Waals surface area (Å²) in [5, 5.41) is 4.97. The van der Waals surface area contributed by atoms with E-state index in [1.165, 1.54) is 5.56 Å². The van der Waals surface area contributed by atoms with E-state index < -0.39 is 5.41 Å². The van der Waals surface area contributed by atoms with Crippen LogP contribution in [0.25, 0.3) is 5.69 Å². The molecule has 2 heterocycles. The third-order valence-corrected chi connectivity index (χ3v) is 6.22. The molecule has 1 fully saturated rings. The molecule has 32 heavy (non-hydrogen) atoms. The van der Waals surface area contributed by atoms with Crippen molar-refractivity contribution in [1.29, 1.82) is 0 Å². The van der Waals surface area contributed by atoms with Crippen molar-refractivity contribution in [1.82, 2.24) is 19.6 Å². The molecular formula is C26H41N5O. The summed E-state index contributed by atoms with van der Waals surface area (Å²) in [4.78, 5) is 20.2. The summed E-state index contributed by atoms with van der Waals surface area (Å²) in [5.41, 5.74) is 2.82. The lowest BCUT2D eigenvalue weighted by Gasteiger charge is -2.36. The molecule has 1 aliphatic rings. The normalized spacial score (nSPS) is 15.4. The third kappa shape index (κ3) is 5.71. The number of benzene rings is 1. The number of anilines is 1. The lowest BCUT2D eigenvalue weighted by molar-refractivity contribution is -0.140. The highest BCUT2D eigenvalue weighted by Crippen LogP contribution is 2.31. The van der Waals surface area contributed by atoms with Gasteiger partial charge >= 0.3 is 0 Å². The molecule has 1 aromatic heterocycles. The molecule has 3 rings (SSSR count). The van der Waals surface area contributed by atoms with Crippen LogP contribution in [0.3, 0.4) is 0 Å². The minimum absolute atomic E-state index is 0.203. The largest absolute Gasteiger partial charge is 0.354 e. The highest BCUT2D eigenvalue weighted by atomic mass is 16.2. The second-order valence-corrected chi connectivity index (χ2v) is 10.6. The fourth-order valence-corrected chi connectivity index (χ4v) is 4.16. The molecule has 0 N–H and O–H groups in total. The maximum Gasteiger partial charge on any atom is 0.228 e. The van der Waals surface area contributed by atoms with Crippen molar-refractivity contribution >= 4 is 11.7 Å². The first-order chi connectivity index (χ1) is 15.1. The van der Waals surface area contributed by atoms with Gasteiger partial charge in [-0.05, 0) is 38.4 Å². The molecule has 0 unspecified atom stereocenters. The van der Waals surface area contributed by atoms with E-state index in [2.05, 4.69) is 71.5 Å². The van der Waals surface area contributed by atoms with Gasteiger partial charge in [-0.25, -0.2) is 4.68 Å². The summed E-state index contributed by atoms with van der Waals surface area (Å²) in [5.74, 6) is 1.89. The van der Waals surface area contributed by atoms with Gasteiger partial charge in [0.1, 0.15) is 5.82 Å². The van der Waals surface area contributed by atoms with Gasteiger partial charge in [0, 0.05) is 43.7 Å². The van der Waals surface area contributed by atoms with Gasteiger partial charge in [0.05, 0.1) is 17.9 Å². The molecule has 0 bridgehead atoms. The van der Waals surface area contributed by atoms with E-state index in [1.54, 1.807) is 0 Å². The fraction of sp³-hybridized carbons (Fsp3) is 0.615. The lowest BCUT2D eigenvalue weighted by atomic mass is 9.94. The Hall–Kier alpha value is -2.34. The van der Waals surface area contributed by atoms with Gasteiger partial charge in [-0.3, -0.25) is 4.79 Å². The number of aryl methyl sites for hydroxylation is 1. The van der Waals surface area contributed by atoms with Crippen molar-refractivity contribution < 1.29 is 4.79 Å². The van der Waals surface area contributed by atoms with Crippen molar-refractivity contribution in [2.45, 2.75) is 54.5 Å². The number of hydrogen-bond donors (Lipinski definition) is 0. The van der Waals surface area contributed by atoms with Gasteiger partial charge in [-0.15, -0.1) is 0 Å². The first-order valence-electron chi connectivity index (χ1n) is 11.9. The number of aromatic nitrogens is 2. The van der Waals surface area contributed by atoms with Gasteiger partial charge in [0.15, 0.2) is 0 Å². The predicted molar refractivity (Wildman–Crippen MR) is 132 cm³/mol. The molecule has 0 radical (unpaired) electrons. The molecule has 0 spiro atoms. The topological polar surface area (TPSA) is 44.6 Å². The Morgan fingerprint density at radius 3 is 2.28 bits per heavy atom. The van der Waals surface area contributed by atoms with Crippen LogP contribution in [-0.2, 0) is 11.3 Å². The average molecular weight is 440 g/mol. The molecule has 1 aliphatic heterocycles. The van der Waals surface area contributed by atoms with Crippen LogP contribution in [0.2, 0.25) is 0 Å². The fourth-order valence-electron chi connectivity index (χ4n) is 4.16. The average Bonchev–Trinajstić information content (AvgIpc) is 3.07. The number of para-hydroxylation sites is 1. The second-order valence-electron chi connectivity index (χ2n) is 10.6. The van der Waals surface area contributed by atoms with Gasteiger partial charge in [-0.1, -0.05) is 52.8 Å².